The molecule has 2 N–H and O–H groups in total. The van der Waals surface area contributed by atoms with Crippen LogP contribution in [0.2, 0.25) is 0 Å². The van der Waals surface area contributed by atoms with E-state index in [2.05, 4.69) is 5.32 Å². The molecule has 2 amide bonds. The molecule has 2 saturated heterocycles. The van der Waals surface area contributed by atoms with Gasteiger partial charge in [0.15, 0.2) is 6.29 Å². The fourth-order valence-electron chi connectivity index (χ4n) is 4.97. The molecular formula is C29H44N2O8. The number of carboxylic acid groups (broad SMARTS) is 1. The van der Waals surface area contributed by atoms with Crippen molar-refractivity contribution in [1.82, 2.24) is 10.2 Å². The molecule has 2 aliphatic heterocycles. The predicted molar refractivity (Wildman–Crippen MR) is 145 cm³/mol. The minimum absolute atomic E-state index is 0.156. The summed E-state index contributed by atoms with van der Waals surface area (Å²) >= 11 is 0. The Balaban J connectivity index is 1.66. The van der Waals surface area contributed by atoms with Crippen LogP contribution in [0.5, 0.6) is 5.75 Å². The van der Waals surface area contributed by atoms with E-state index < -0.39 is 29.6 Å². The van der Waals surface area contributed by atoms with E-state index in [1.54, 1.807) is 25.7 Å². The number of piperidine rings is 1. The number of rotatable bonds is 11. The lowest BCUT2D eigenvalue weighted by Gasteiger charge is -2.36. The van der Waals surface area contributed by atoms with Crippen LogP contribution in [0, 0.1) is 5.92 Å². The number of alkyl carbamates (subject to hydrolysis) is 1. The minimum atomic E-state index is -0.859. The van der Waals surface area contributed by atoms with Gasteiger partial charge in [-0.05, 0) is 77.0 Å². The lowest BCUT2D eigenvalue weighted by Crippen LogP contribution is -2.54. The molecule has 0 bridgehead atoms. The maximum Gasteiger partial charge on any atom is 0.408 e. The van der Waals surface area contributed by atoms with Crippen LogP contribution >= 0.6 is 0 Å². The van der Waals surface area contributed by atoms with Crippen LogP contribution in [0.3, 0.4) is 0 Å². The number of likely N-dealkylation sites (tertiary alicyclic amines) is 1. The quantitative estimate of drug-likeness (QED) is 0.392. The number of ether oxygens (including phenoxy) is 4. The summed E-state index contributed by atoms with van der Waals surface area (Å²) in [5.41, 5.74) is 0.164. The van der Waals surface area contributed by atoms with Crippen LogP contribution in [0.4, 0.5) is 4.79 Å². The Labute approximate surface area is 231 Å². The van der Waals surface area contributed by atoms with Crippen LogP contribution in [0.1, 0.15) is 77.7 Å². The number of hydrogen-bond donors (Lipinski definition) is 2. The average Bonchev–Trinajstić information content (AvgIpc) is 2.91. The molecule has 218 valence electrons. The van der Waals surface area contributed by atoms with E-state index in [1.165, 1.54) is 0 Å². The zero-order valence-corrected chi connectivity index (χ0v) is 23.6. The molecule has 10 heteroatoms. The highest BCUT2D eigenvalue weighted by atomic mass is 16.7. The van der Waals surface area contributed by atoms with Crippen LogP contribution < -0.4 is 10.1 Å². The highest BCUT2D eigenvalue weighted by Gasteiger charge is 2.36. The molecule has 39 heavy (non-hydrogen) atoms. The predicted octanol–water partition coefficient (Wildman–Crippen LogP) is 4.32. The molecule has 3 rings (SSSR count). The Kier molecular flexibility index (Phi) is 11.4. The maximum atomic E-state index is 13.7. The number of aliphatic carboxylic acids is 1. The Morgan fingerprint density at radius 3 is 2.33 bits per heavy atom. The van der Waals surface area contributed by atoms with Gasteiger partial charge < -0.3 is 34.3 Å². The van der Waals surface area contributed by atoms with E-state index in [0.29, 0.717) is 51.3 Å². The second-order valence-electron chi connectivity index (χ2n) is 11.2. The van der Waals surface area contributed by atoms with E-state index in [0.717, 1.165) is 31.4 Å². The van der Waals surface area contributed by atoms with E-state index in [1.807, 2.05) is 31.2 Å². The third kappa shape index (κ3) is 9.69. The van der Waals surface area contributed by atoms with Gasteiger partial charge in [-0.15, -0.1) is 0 Å². The van der Waals surface area contributed by atoms with Crippen molar-refractivity contribution < 1.29 is 38.4 Å². The summed E-state index contributed by atoms with van der Waals surface area (Å²) in [4.78, 5) is 39.4. The zero-order valence-electron chi connectivity index (χ0n) is 23.6. The molecule has 2 fully saturated rings. The highest BCUT2D eigenvalue weighted by Crippen LogP contribution is 2.29. The smallest absolute Gasteiger partial charge is 0.408 e. The Hall–Kier alpha value is -2.85. The number of benzene rings is 1. The summed E-state index contributed by atoms with van der Waals surface area (Å²) in [6, 6.07) is 6.65. The van der Waals surface area contributed by atoms with Crippen LogP contribution in [-0.4, -0.2) is 78.8 Å². The molecule has 1 aromatic rings. The summed E-state index contributed by atoms with van der Waals surface area (Å²) in [6.07, 6.45) is 3.63. The fourth-order valence-corrected chi connectivity index (χ4v) is 4.97. The minimum Gasteiger partial charge on any atom is -0.491 e. The molecule has 1 aromatic carbocycles. The second-order valence-corrected chi connectivity index (χ2v) is 11.2. The number of nitrogens with zero attached hydrogens (tertiary/aromatic N) is 1. The van der Waals surface area contributed by atoms with Crippen molar-refractivity contribution >= 4 is 18.0 Å². The Morgan fingerprint density at radius 1 is 1.08 bits per heavy atom. The van der Waals surface area contributed by atoms with Crippen molar-refractivity contribution in [2.45, 2.75) is 90.1 Å². The number of carbonyl (C=O) groups excluding carboxylic acids is 2. The summed E-state index contributed by atoms with van der Waals surface area (Å²) in [5, 5.41) is 12.1. The molecule has 2 unspecified atom stereocenters. The van der Waals surface area contributed by atoms with Crippen molar-refractivity contribution in [2.75, 3.05) is 32.9 Å². The zero-order chi connectivity index (χ0) is 28.4. The topological polar surface area (TPSA) is 124 Å². The number of carbonyl (C=O) groups is 3. The van der Waals surface area contributed by atoms with Gasteiger partial charge in [-0.2, -0.15) is 0 Å². The number of carboxylic acids is 1. The van der Waals surface area contributed by atoms with Crippen molar-refractivity contribution in [1.29, 1.82) is 0 Å². The van der Waals surface area contributed by atoms with Gasteiger partial charge in [0.1, 0.15) is 24.0 Å². The number of nitrogens with one attached hydrogen (secondary N) is 1. The normalized spacial score (nSPS) is 20.1. The molecule has 2 heterocycles. The third-order valence-electron chi connectivity index (χ3n) is 7.04. The first-order valence-corrected chi connectivity index (χ1v) is 14.0. The van der Waals surface area contributed by atoms with Gasteiger partial charge >= 0.3 is 12.1 Å². The first kappa shape index (κ1) is 30.7. The molecule has 0 aliphatic carbocycles. The van der Waals surface area contributed by atoms with E-state index in [9.17, 15) is 19.5 Å². The summed E-state index contributed by atoms with van der Waals surface area (Å²) in [5.74, 6) is -1.17. The summed E-state index contributed by atoms with van der Waals surface area (Å²) in [6.45, 7) is 9.49. The third-order valence-corrected chi connectivity index (χ3v) is 7.04. The van der Waals surface area contributed by atoms with Gasteiger partial charge in [-0.1, -0.05) is 19.1 Å². The molecule has 10 nitrogen and oxygen atoms in total. The number of amides is 2. The van der Waals surface area contributed by atoms with Crippen molar-refractivity contribution in [2.24, 2.45) is 5.92 Å². The largest absolute Gasteiger partial charge is 0.491 e. The van der Waals surface area contributed by atoms with Crippen LogP contribution in [0.25, 0.3) is 0 Å². The summed E-state index contributed by atoms with van der Waals surface area (Å²) in [7, 11) is 0. The van der Waals surface area contributed by atoms with Gasteiger partial charge in [0.25, 0.3) is 0 Å². The van der Waals surface area contributed by atoms with Gasteiger partial charge in [-0.25, -0.2) is 4.79 Å². The first-order chi connectivity index (χ1) is 18.6. The second kappa shape index (κ2) is 14.5. The monoisotopic (exact) mass is 548 g/mol. The van der Waals surface area contributed by atoms with Crippen LogP contribution in [-0.2, 0) is 23.8 Å². The molecule has 3 atom stereocenters. The standard InChI is InChI=1S/C29H44N2O8/c1-5-23(20-9-11-22(12-10-20)36-18-19-38-24-8-6-7-17-37-24)25(30-28(35)39-29(2,3)4)26(32)31-15-13-21(14-16-31)27(33)34/h9-12,21,23-25H,5-8,13-19H2,1-4H3,(H,30,35)(H,33,34)/t23?,24?,25-/m0/s1. The van der Waals surface area contributed by atoms with Gasteiger partial charge in [-0.3, -0.25) is 9.59 Å². The molecule has 0 spiro atoms. The fraction of sp³-hybridized carbons (Fsp3) is 0.690. The Bertz CT molecular complexity index is 932. The van der Waals surface area contributed by atoms with Crippen molar-refractivity contribution in [3.05, 3.63) is 29.8 Å². The lowest BCUT2D eigenvalue weighted by molar-refractivity contribution is -0.165. The average molecular weight is 549 g/mol. The van der Waals surface area contributed by atoms with E-state index in [4.69, 9.17) is 18.9 Å². The first-order valence-electron chi connectivity index (χ1n) is 14.0. The maximum absolute atomic E-state index is 13.7. The van der Waals surface area contributed by atoms with Crippen LogP contribution in [0.15, 0.2) is 24.3 Å². The molecule has 0 saturated carbocycles. The lowest BCUT2D eigenvalue weighted by atomic mass is 9.87. The Morgan fingerprint density at radius 2 is 1.77 bits per heavy atom. The van der Waals surface area contributed by atoms with Gasteiger partial charge in [0, 0.05) is 25.6 Å². The van der Waals surface area contributed by atoms with Gasteiger partial charge in [0.05, 0.1) is 12.5 Å². The molecule has 2 aliphatic rings. The summed E-state index contributed by atoms with van der Waals surface area (Å²) < 4.78 is 22.6. The van der Waals surface area contributed by atoms with Gasteiger partial charge in [0.2, 0.25) is 5.91 Å². The molecule has 0 aromatic heterocycles. The van der Waals surface area contributed by atoms with E-state index in [-0.39, 0.29) is 18.1 Å². The molecular weight excluding hydrogens is 504 g/mol. The van der Waals surface area contributed by atoms with Crippen molar-refractivity contribution in [3.63, 3.8) is 0 Å². The highest BCUT2D eigenvalue weighted by molar-refractivity contribution is 5.87. The van der Waals surface area contributed by atoms with Crippen molar-refractivity contribution in [3.8, 4) is 5.75 Å². The number of hydrogen-bond acceptors (Lipinski definition) is 7. The molecule has 0 radical (unpaired) electrons. The SMILES string of the molecule is CCC(c1ccc(OCCOC2CCCCO2)cc1)[C@H](NC(=O)OC(C)(C)C)C(=O)N1CCC(C(=O)O)CC1. The van der Waals surface area contributed by atoms with E-state index >= 15 is 0 Å².